The van der Waals surface area contributed by atoms with Crippen molar-refractivity contribution in [2.24, 2.45) is 5.92 Å². The topological polar surface area (TPSA) is 40.5 Å². The van der Waals surface area contributed by atoms with Crippen molar-refractivity contribution in [1.29, 1.82) is 0 Å². The minimum absolute atomic E-state index is 0.0769. The molecule has 0 spiro atoms. The molecule has 114 valence electrons. The van der Waals surface area contributed by atoms with Gasteiger partial charge in [-0.25, -0.2) is 0 Å². The standard InChI is InChI=1S/C16H19BrINO2/c17-14-5-4-12(18)9-13(14)15(20)19-8-7-16(21)6-2-1-3-11(16)10-19/h4-5,9,11,21H,1-3,6-8,10H2. The van der Waals surface area contributed by atoms with Crippen LogP contribution in [0.1, 0.15) is 42.5 Å². The summed E-state index contributed by atoms with van der Waals surface area (Å²) in [6, 6.07) is 5.84. The maximum Gasteiger partial charge on any atom is 0.255 e. The average molecular weight is 464 g/mol. The van der Waals surface area contributed by atoms with Gasteiger partial charge in [0.2, 0.25) is 0 Å². The zero-order valence-corrected chi connectivity index (χ0v) is 15.6. The molecule has 1 N–H and O–H groups in total. The highest BCUT2D eigenvalue weighted by atomic mass is 127. The van der Waals surface area contributed by atoms with E-state index in [-0.39, 0.29) is 11.8 Å². The highest BCUT2D eigenvalue weighted by Crippen LogP contribution is 2.40. The van der Waals surface area contributed by atoms with Gasteiger partial charge in [-0.2, -0.15) is 0 Å². The fourth-order valence-electron chi connectivity index (χ4n) is 3.59. The molecule has 1 aliphatic carbocycles. The first-order chi connectivity index (χ1) is 9.99. The third kappa shape index (κ3) is 3.15. The number of aliphatic hydroxyl groups is 1. The van der Waals surface area contributed by atoms with Gasteiger partial charge in [0, 0.05) is 27.1 Å². The van der Waals surface area contributed by atoms with Crippen LogP contribution in [0.15, 0.2) is 22.7 Å². The molecule has 1 aliphatic heterocycles. The van der Waals surface area contributed by atoms with E-state index in [1.54, 1.807) is 0 Å². The second kappa shape index (κ2) is 6.16. The molecule has 2 atom stereocenters. The number of piperidine rings is 1. The number of halogens is 2. The van der Waals surface area contributed by atoms with Crippen LogP contribution in [-0.2, 0) is 0 Å². The van der Waals surface area contributed by atoms with E-state index in [0.29, 0.717) is 19.5 Å². The number of nitrogens with zero attached hydrogens (tertiary/aromatic N) is 1. The number of amides is 1. The lowest BCUT2D eigenvalue weighted by molar-refractivity contribution is -0.0886. The Morgan fingerprint density at radius 1 is 1.38 bits per heavy atom. The van der Waals surface area contributed by atoms with E-state index in [1.807, 2.05) is 23.1 Å². The van der Waals surface area contributed by atoms with Crippen molar-refractivity contribution in [3.63, 3.8) is 0 Å². The molecular weight excluding hydrogens is 445 g/mol. The summed E-state index contributed by atoms with van der Waals surface area (Å²) in [6.07, 6.45) is 4.93. The summed E-state index contributed by atoms with van der Waals surface area (Å²) in [5.74, 6) is 0.318. The lowest BCUT2D eigenvalue weighted by Crippen LogP contribution is -2.54. The number of benzene rings is 1. The Balaban J connectivity index is 1.79. The monoisotopic (exact) mass is 463 g/mol. The average Bonchev–Trinajstić information content (AvgIpc) is 2.48. The summed E-state index contributed by atoms with van der Waals surface area (Å²) < 4.78 is 1.91. The molecule has 21 heavy (non-hydrogen) atoms. The van der Waals surface area contributed by atoms with Crippen molar-refractivity contribution < 1.29 is 9.90 Å². The number of hydrogen-bond acceptors (Lipinski definition) is 2. The first-order valence-electron chi connectivity index (χ1n) is 7.46. The molecule has 1 heterocycles. The lowest BCUT2D eigenvalue weighted by Gasteiger charge is -2.47. The third-order valence-corrected chi connectivity index (χ3v) is 6.24. The molecule has 1 amide bonds. The summed E-state index contributed by atoms with van der Waals surface area (Å²) in [5.41, 5.74) is 0.195. The predicted octanol–water partition coefficient (Wildman–Crippen LogP) is 3.82. The summed E-state index contributed by atoms with van der Waals surface area (Å²) in [5, 5.41) is 10.7. The molecule has 2 unspecified atom stereocenters. The molecule has 1 saturated heterocycles. The second-order valence-electron chi connectivity index (χ2n) is 6.17. The molecule has 0 radical (unpaired) electrons. The fraction of sp³-hybridized carbons (Fsp3) is 0.562. The van der Waals surface area contributed by atoms with Crippen LogP contribution in [0.2, 0.25) is 0 Å². The predicted molar refractivity (Wildman–Crippen MR) is 94.3 cm³/mol. The van der Waals surface area contributed by atoms with E-state index in [9.17, 15) is 9.90 Å². The SMILES string of the molecule is O=C(c1cc(I)ccc1Br)N1CCC2(O)CCCCC2C1. The first kappa shape index (κ1) is 15.7. The van der Waals surface area contributed by atoms with Crippen molar-refractivity contribution in [3.05, 3.63) is 31.8 Å². The molecule has 0 bridgehead atoms. The van der Waals surface area contributed by atoms with Gasteiger partial charge in [-0.3, -0.25) is 4.79 Å². The maximum atomic E-state index is 12.8. The van der Waals surface area contributed by atoms with Crippen molar-refractivity contribution >= 4 is 44.4 Å². The Hall–Kier alpha value is -0.140. The van der Waals surface area contributed by atoms with Crippen LogP contribution in [0, 0.1) is 9.49 Å². The Morgan fingerprint density at radius 2 is 2.19 bits per heavy atom. The lowest BCUT2D eigenvalue weighted by atomic mass is 9.71. The van der Waals surface area contributed by atoms with Gasteiger partial charge in [-0.1, -0.05) is 12.8 Å². The second-order valence-corrected chi connectivity index (χ2v) is 8.27. The Bertz CT molecular complexity index is 565. The van der Waals surface area contributed by atoms with Crippen molar-refractivity contribution in [3.8, 4) is 0 Å². The van der Waals surface area contributed by atoms with E-state index < -0.39 is 5.60 Å². The molecule has 1 aromatic carbocycles. The van der Waals surface area contributed by atoms with Crippen molar-refractivity contribution in [1.82, 2.24) is 4.90 Å². The molecule has 1 aromatic rings. The highest BCUT2D eigenvalue weighted by Gasteiger charge is 2.43. The summed E-state index contributed by atoms with van der Waals surface area (Å²) in [4.78, 5) is 14.7. The zero-order valence-electron chi connectivity index (χ0n) is 11.8. The molecule has 0 aromatic heterocycles. The third-order valence-electron chi connectivity index (χ3n) is 4.87. The fourth-order valence-corrected chi connectivity index (χ4v) is 4.49. The Morgan fingerprint density at radius 3 is 3.00 bits per heavy atom. The molecule has 3 rings (SSSR count). The van der Waals surface area contributed by atoms with Gasteiger partial charge in [0.05, 0.1) is 11.2 Å². The number of rotatable bonds is 1. The van der Waals surface area contributed by atoms with Gasteiger partial charge in [0.1, 0.15) is 0 Å². The van der Waals surface area contributed by atoms with Crippen LogP contribution in [0.3, 0.4) is 0 Å². The van der Waals surface area contributed by atoms with Crippen LogP contribution in [0.5, 0.6) is 0 Å². The molecule has 5 heteroatoms. The number of likely N-dealkylation sites (tertiary alicyclic amines) is 1. The Labute approximate surface area is 147 Å². The van der Waals surface area contributed by atoms with E-state index in [4.69, 9.17) is 0 Å². The first-order valence-corrected chi connectivity index (χ1v) is 9.33. The van der Waals surface area contributed by atoms with Crippen LogP contribution >= 0.6 is 38.5 Å². The maximum absolute atomic E-state index is 12.8. The normalized spacial score (nSPS) is 29.1. The summed E-state index contributed by atoms with van der Waals surface area (Å²) >= 11 is 5.70. The van der Waals surface area contributed by atoms with Crippen LogP contribution in [0.25, 0.3) is 0 Å². The molecule has 1 saturated carbocycles. The molecule has 3 nitrogen and oxygen atoms in total. The van der Waals surface area contributed by atoms with Crippen LogP contribution in [-0.4, -0.2) is 34.6 Å². The Kier molecular flexibility index (Phi) is 4.62. The van der Waals surface area contributed by atoms with Gasteiger partial charge in [0.15, 0.2) is 0 Å². The van der Waals surface area contributed by atoms with E-state index in [1.165, 1.54) is 6.42 Å². The molecule has 2 aliphatic rings. The van der Waals surface area contributed by atoms with Crippen LogP contribution < -0.4 is 0 Å². The van der Waals surface area contributed by atoms with Crippen molar-refractivity contribution in [2.75, 3.05) is 13.1 Å². The number of fused-ring (bicyclic) bond motifs is 1. The van der Waals surface area contributed by atoms with Gasteiger partial charge >= 0.3 is 0 Å². The minimum Gasteiger partial charge on any atom is -0.389 e. The van der Waals surface area contributed by atoms with Gasteiger partial charge in [-0.15, -0.1) is 0 Å². The minimum atomic E-state index is -0.530. The summed E-state index contributed by atoms with van der Waals surface area (Å²) in [6.45, 7) is 1.34. The zero-order chi connectivity index (χ0) is 15.0. The van der Waals surface area contributed by atoms with Crippen molar-refractivity contribution in [2.45, 2.75) is 37.7 Å². The smallest absolute Gasteiger partial charge is 0.255 e. The molecular formula is C16H19BrINO2. The van der Waals surface area contributed by atoms with Crippen LogP contribution in [0.4, 0.5) is 0 Å². The largest absolute Gasteiger partial charge is 0.389 e. The quantitative estimate of drug-likeness (QED) is 0.643. The summed E-state index contributed by atoms with van der Waals surface area (Å²) in [7, 11) is 0. The number of hydrogen-bond donors (Lipinski definition) is 1. The van der Waals surface area contributed by atoms with E-state index in [0.717, 1.165) is 32.9 Å². The van der Waals surface area contributed by atoms with E-state index in [2.05, 4.69) is 38.5 Å². The molecule has 2 fully saturated rings. The highest BCUT2D eigenvalue weighted by molar-refractivity contribution is 14.1. The van der Waals surface area contributed by atoms with E-state index >= 15 is 0 Å². The number of carbonyl (C=O) groups is 1. The van der Waals surface area contributed by atoms with Gasteiger partial charge in [0.25, 0.3) is 5.91 Å². The van der Waals surface area contributed by atoms with Gasteiger partial charge < -0.3 is 10.0 Å². The van der Waals surface area contributed by atoms with Gasteiger partial charge in [-0.05, 0) is 76.0 Å². The number of carbonyl (C=O) groups excluding carboxylic acids is 1.